The SMILES string of the molecule is CCN(c1ccccc1)c1c(-c2cnn(C)c2)[nH]c(=O)c(Sc2ccc(-c3ccnc(F)c3C)cc2)c1O. The number of rotatable bonds is 7. The van der Waals surface area contributed by atoms with Crippen LogP contribution in [-0.4, -0.2) is 31.4 Å². The number of para-hydroxylation sites is 1. The Bertz CT molecular complexity index is 1650. The van der Waals surface area contributed by atoms with Crippen molar-refractivity contribution in [3.63, 3.8) is 0 Å². The molecule has 7 nitrogen and oxygen atoms in total. The minimum absolute atomic E-state index is 0.112. The number of halogens is 1. The quantitative estimate of drug-likeness (QED) is 0.242. The molecule has 5 rings (SSSR count). The van der Waals surface area contributed by atoms with E-state index in [2.05, 4.69) is 15.1 Å². The first-order valence-corrected chi connectivity index (χ1v) is 12.9. The van der Waals surface area contributed by atoms with E-state index in [0.717, 1.165) is 21.7 Å². The Morgan fingerprint density at radius 3 is 2.47 bits per heavy atom. The van der Waals surface area contributed by atoms with Gasteiger partial charge in [-0.05, 0) is 55.3 Å². The maximum atomic E-state index is 13.9. The molecular weight excluding hydrogens is 501 g/mol. The summed E-state index contributed by atoms with van der Waals surface area (Å²) in [5.41, 5.74) is 4.19. The number of pyridine rings is 2. The van der Waals surface area contributed by atoms with E-state index < -0.39 is 11.5 Å². The Balaban J connectivity index is 1.59. The number of hydrogen-bond acceptors (Lipinski definition) is 6. The molecule has 0 atom stereocenters. The molecule has 38 heavy (non-hydrogen) atoms. The van der Waals surface area contributed by atoms with Crippen molar-refractivity contribution in [3.05, 3.63) is 101 Å². The van der Waals surface area contributed by atoms with Gasteiger partial charge in [0.1, 0.15) is 10.6 Å². The fourth-order valence-corrected chi connectivity index (χ4v) is 5.25. The normalized spacial score (nSPS) is 11.1. The summed E-state index contributed by atoms with van der Waals surface area (Å²) >= 11 is 1.17. The second-order valence-electron chi connectivity index (χ2n) is 8.74. The van der Waals surface area contributed by atoms with E-state index in [4.69, 9.17) is 0 Å². The number of nitrogens with zero attached hydrogens (tertiary/aromatic N) is 4. The maximum absolute atomic E-state index is 13.9. The first kappa shape index (κ1) is 25.3. The minimum Gasteiger partial charge on any atom is -0.504 e. The maximum Gasteiger partial charge on any atom is 0.266 e. The second-order valence-corrected chi connectivity index (χ2v) is 9.82. The number of aromatic nitrogens is 4. The molecule has 0 aliphatic heterocycles. The number of nitrogens with one attached hydrogen (secondary N) is 1. The van der Waals surface area contributed by atoms with Gasteiger partial charge in [0.2, 0.25) is 5.95 Å². The summed E-state index contributed by atoms with van der Waals surface area (Å²) in [7, 11) is 1.80. The lowest BCUT2D eigenvalue weighted by atomic mass is 10.0. The predicted molar refractivity (Wildman–Crippen MR) is 149 cm³/mol. The van der Waals surface area contributed by atoms with Crippen molar-refractivity contribution >= 4 is 23.1 Å². The molecule has 0 bridgehead atoms. The molecule has 3 aromatic heterocycles. The van der Waals surface area contributed by atoms with Crippen molar-refractivity contribution in [2.45, 2.75) is 23.6 Å². The highest BCUT2D eigenvalue weighted by Gasteiger charge is 2.25. The van der Waals surface area contributed by atoms with Crippen molar-refractivity contribution in [1.29, 1.82) is 0 Å². The van der Waals surface area contributed by atoms with Gasteiger partial charge >= 0.3 is 0 Å². The lowest BCUT2D eigenvalue weighted by Gasteiger charge is -2.27. The summed E-state index contributed by atoms with van der Waals surface area (Å²) in [5.74, 6) is -0.614. The van der Waals surface area contributed by atoms with E-state index in [0.29, 0.717) is 29.1 Å². The van der Waals surface area contributed by atoms with E-state index >= 15 is 0 Å². The first-order chi connectivity index (χ1) is 18.4. The van der Waals surface area contributed by atoms with Crippen molar-refractivity contribution in [3.8, 4) is 28.1 Å². The number of benzene rings is 2. The van der Waals surface area contributed by atoms with Crippen LogP contribution in [0.2, 0.25) is 0 Å². The van der Waals surface area contributed by atoms with E-state index in [1.54, 1.807) is 37.1 Å². The molecule has 0 fully saturated rings. The number of hydrogen-bond donors (Lipinski definition) is 2. The third kappa shape index (κ3) is 4.80. The van der Waals surface area contributed by atoms with E-state index in [-0.39, 0.29) is 10.6 Å². The van der Waals surface area contributed by atoms with Gasteiger partial charge in [0.15, 0.2) is 5.75 Å². The van der Waals surface area contributed by atoms with E-state index in [1.807, 2.05) is 66.4 Å². The van der Waals surface area contributed by atoms with Crippen molar-refractivity contribution < 1.29 is 9.50 Å². The molecule has 2 aromatic carbocycles. The molecule has 0 spiro atoms. The molecule has 9 heteroatoms. The van der Waals surface area contributed by atoms with Gasteiger partial charge < -0.3 is 15.0 Å². The summed E-state index contributed by atoms with van der Waals surface area (Å²) in [6.45, 7) is 4.23. The first-order valence-electron chi connectivity index (χ1n) is 12.1. The molecule has 0 aliphatic carbocycles. The molecule has 0 unspecified atom stereocenters. The monoisotopic (exact) mass is 527 g/mol. The van der Waals surface area contributed by atoms with Crippen LogP contribution in [0.4, 0.5) is 15.8 Å². The molecule has 0 amide bonds. The van der Waals surface area contributed by atoms with Gasteiger partial charge in [-0.1, -0.05) is 42.1 Å². The molecule has 0 saturated heterocycles. The minimum atomic E-state index is -0.502. The Morgan fingerprint density at radius 2 is 1.82 bits per heavy atom. The van der Waals surface area contributed by atoms with Crippen LogP contribution in [0.15, 0.2) is 93.8 Å². The summed E-state index contributed by atoms with van der Waals surface area (Å²) in [6, 6.07) is 18.9. The highest BCUT2D eigenvalue weighted by molar-refractivity contribution is 7.99. The van der Waals surface area contributed by atoms with Gasteiger partial charge in [-0.2, -0.15) is 9.49 Å². The third-order valence-electron chi connectivity index (χ3n) is 6.30. The molecule has 0 aliphatic rings. The van der Waals surface area contributed by atoms with Crippen molar-refractivity contribution in [2.24, 2.45) is 7.05 Å². The smallest absolute Gasteiger partial charge is 0.266 e. The Labute approximate surface area is 223 Å². The topological polar surface area (TPSA) is 87.0 Å². The highest BCUT2D eigenvalue weighted by Crippen LogP contribution is 2.45. The highest BCUT2D eigenvalue weighted by atomic mass is 32.2. The zero-order valence-electron chi connectivity index (χ0n) is 21.1. The average Bonchev–Trinajstić information content (AvgIpc) is 3.36. The average molecular weight is 528 g/mol. The summed E-state index contributed by atoms with van der Waals surface area (Å²) < 4.78 is 15.6. The number of aromatic amines is 1. The van der Waals surface area contributed by atoms with Gasteiger partial charge in [0, 0.05) is 47.7 Å². The standard InChI is InChI=1S/C29H26FN5O2S/c1-4-35(21-8-6-5-7-9-21)25-24(20-16-32-34(3)17-20)33-29(37)27(26(25)36)38-22-12-10-19(11-13-22)23-14-15-31-28(30)18(23)2/h5-17H,4H2,1-3H3,(H2,33,36,37). The van der Waals surface area contributed by atoms with Gasteiger partial charge in [0.25, 0.3) is 5.56 Å². The summed E-state index contributed by atoms with van der Waals surface area (Å²) in [5, 5.41) is 15.8. The number of aromatic hydroxyl groups is 1. The fraction of sp³-hybridized carbons (Fsp3) is 0.138. The van der Waals surface area contributed by atoms with Crippen LogP contribution in [-0.2, 0) is 7.05 Å². The zero-order chi connectivity index (χ0) is 26.8. The van der Waals surface area contributed by atoms with Crippen LogP contribution in [0.5, 0.6) is 5.75 Å². The van der Waals surface area contributed by atoms with Gasteiger partial charge in [-0.15, -0.1) is 0 Å². The molecule has 0 radical (unpaired) electrons. The fourth-order valence-electron chi connectivity index (χ4n) is 4.40. The summed E-state index contributed by atoms with van der Waals surface area (Å²) in [4.78, 5) is 22.9. The second kappa shape index (κ2) is 10.5. The molecular formula is C29H26FN5O2S. The van der Waals surface area contributed by atoms with Gasteiger partial charge in [-0.3, -0.25) is 9.48 Å². The number of H-pyrrole nitrogens is 1. The van der Waals surface area contributed by atoms with Gasteiger partial charge in [-0.25, -0.2) is 4.98 Å². The number of anilines is 2. The predicted octanol–water partition coefficient (Wildman–Crippen LogP) is 6.30. The molecule has 0 saturated carbocycles. The molecule has 2 N–H and O–H groups in total. The lowest BCUT2D eigenvalue weighted by Crippen LogP contribution is -2.21. The van der Waals surface area contributed by atoms with E-state index in [9.17, 15) is 14.3 Å². The Morgan fingerprint density at radius 1 is 1.08 bits per heavy atom. The zero-order valence-corrected chi connectivity index (χ0v) is 22.0. The van der Waals surface area contributed by atoms with Crippen LogP contribution in [0.1, 0.15) is 12.5 Å². The Kier molecular flexibility index (Phi) is 7.02. The van der Waals surface area contributed by atoms with Crippen LogP contribution in [0.25, 0.3) is 22.4 Å². The van der Waals surface area contributed by atoms with Crippen molar-refractivity contribution in [2.75, 3.05) is 11.4 Å². The van der Waals surface area contributed by atoms with Crippen molar-refractivity contribution in [1.82, 2.24) is 19.7 Å². The van der Waals surface area contributed by atoms with Crippen LogP contribution >= 0.6 is 11.8 Å². The summed E-state index contributed by atoms with van der Waals surface area (Å²) in [6.07, 6.45) is 4.89. The van der Waals surface area contributed by atoms with Gasteiger partial charge in [0.05, 0.1) is 11.9 Å². The molecule has 5 aromatic rings. The van der Waals surface area contributed by atoms with Crippen LogP contribution in [0, 0.1) is 12.9 Å². The van der Waals surface area contributed by atoms with Crippen LogP contribution in [0.3, 0.4) is 0 Å². The molecule has 3 heterocycles. The van der Waals surface area contributed by atoms with E-state index in [1.165, 1.54) is 18.0 Å². The largest absolute Gasteiger partial charge is 0.504 e. The lowest BCUT2D eigenvalue weighted by molar-refractivity contribution is 0.460. The molecule has 192 valence electrons. The third-order valence-corrected chi connectivity index (χ3v) is 7.39. The van der Waals surface area contributed by atoms with Crippen LogP contribution < -0.4 is 10.5 Å². The Hall–Kier alpha value is -4.37. The number of aryl methyl sites for hydroxylation is 1.